The minimum absolute atomic E-state index is 0.0455. The fourth-order valence-electron chi connectivity index (χ4n) is 2.93. The van der Waals surface area contributed by atoms with Gasteiger partial charge >= 0.3 is 0 Å². The Morgan fingerprint density at radius 3 is 2.41 bits per heavy atom. The number of halogens is 3. The van der Waals surface area contributed by atoms with Gasteiger partial charge in [-0.25, -0.2) is 8.78 Å². The van der Waals surface area contributed by atoms with Crippen LogP contribution in [0, 0.1) is 11.6 Å². The molecule has 7 heteroatoms. The van der Waals surface area contributed by atoms with Crippen molar-refractivity contribution in [3.05, 3.63) is 64.2 Å². The molecular weight excluding hydrogens is 448 g/mol. The minimum atomic E-state index is -1.98. The van der Waals surface area contributed by atoms with Crippen molar-refractivity contribution in [1.82, 2.24) is 0 Å². The Bertz CT molecular complexity index is 953. The van der Waals surface area contributed by atoms with E-state index >= 15 is 0 Å². The van der Waals surface area contributed by atoms with E-state index in [9.17, 15) is 13.9 Å². The Hall–Kier alpha value is -1.73. The Kier molecular flexibility index (Phi) is 8.67. The fraction of sp³-hybridized carbons (Fsp3) is 0.440. The van der Waals surface area contributed by atoms with Gasteiger partial charge in [-0.15, -0.1) is 0 Å². The molecule has 2 aromatic carbocycles. The largest absolute Gasteiger partial charge is 0.414 e. The zero-order valence-corrected chi connectivity index (χ0v) is 21.6. The highest BCUT2D eigenvalue weighted by molar-refractivity contribution is 6.74. The van der Waals surface area contributed by atoms with Crippen molar-refractivity contribution in [3.63, 3.8) is 0 Å². The van der Waals surface area contributed by atoms with E-state index in [1.54, 1.807) is 44.2 Å². The number of aliphatic hydroxyl groups excluding tert-OH is 1. The molecule has 2 unspecified atom stereocenters. The van der Waals surface area contributed by atoms with Crippen molar-refractivity contribution in [1.29, 1.82) is 0 Å². The van der Waals surface area contributed by atoms with Crippen LogP contribution in [0.25, 0.3) is 11.6 Å². The highest BCUT2D eigenvalue weighted by Crippen LogP contribution is 2.36. The number of benzene rings is 2. The van der Waals surface area contributed by atoms with Gasteiger partial charge in [-0.3, -0.25) is 0 Å². The lowest BCUT2D eigenvalue weighted by atomic mass is 10.0. The predicted molar refractivity (Wildman–Crippen MR) is 134 cm³/mol. The molecule has 0 amide bonds. The van der Waals surface area contributed by atoms with Crippen molar-refractivity contribution < 1.29 is 18.3 Å². The second-order valence-electron chi connectivity index (χ2n) is 9.73. The standard InChI is InChI=1S/C25H34ClF2NO2Si/c1-16(24-19(26)9-8-10-20(24)27)13-18-11-12-22(21(28)14-18)29-17(2)23(30)15-31-32(6,7)25(3,4)5/h8-14,17,23,29-30H,15H2,1-7H3. The summed E-state index contributed by atoms with van der Waals surface area (Å²) in [6.07, 6.45) is 0.899. The molecule has 0 saturated carbocycles. The van der Waals surface area contributed by atoms with Crippen molar-refractivity contribution in [2.24, 2.45) is 0 Å². The van der Waals surface area contributed by atoms with Gasteiger partial charge in [0.15, 0.2) is 8.32 Å². The third-order valence-electron chi connectivity index (χ3n) is 6.11. The first-order chi connectivity index (χ1) is 14.7. The number of rotatable bonds is 8. The molecule has 2 rings (SSSR count). The summed E-state index contributed by atoms with van der Waals surface area (Å²) in [5.41, 5.74) is 1.76. The summed E-state index contributed by atoms with van der Waals surface area (Å²) in [4.78, 5) is 0. The SMILES string of the molecule is CC(=Cc1ccc(NC(C)C(O)CO[Si](C)(C)C(C)(C)C)c(F)c1)c1c(F)cccc1Cl. The third kappa shape index (κ3) is 6.64. The van der Waals surface area contributed by atoms with Crippen LogP contribution in [-0.2, 0) is 4.43 Å². The van der Waals surface area contributed by atoms with Gasteiger partial charge in [0.25, 0.3) is 0 Å². The Morgan fingerprint density at radius 1 is 1.19 bits per heavy atom. The molecule has 0 aromatic heterocycles. The number of aliphatic hydroxyl groups is 1. The molecule has 2 atom stereocenters. The van der Waals surface area contributed by atoms with Crippen LogP contribution in [0.3, 0.4) is 0 Å². The average molecular weight is 482 g/mol. The maximum absolute atomic E-state index is 14.7. The molecule has 0 aliphatic heterocycles. The molecule has 0 saturated heterocycles. The zero-order chi connectivity index (χ0) is 24.3. The van der Waals surface area contributed by atoms with E-state index in [1.165, 1.54) is 12.1 Å². The van der Waals surface area contributed by atoms with E-state index in [2.05, 4.69) is 39.2 Å². The summed E-state index contributed by atoms with van der Waals surface area (Å²) >= 11 is 6.12. The van der Waals surface area contributed by atoms with Gasteiger partial charge in [0.2, 0.25) is 0 Å². The predicted octanol–water partition coefficient (Wildman–Crippen LogP) is 7.36. The Balaban J connectivity index is 2.09. The van der Waals surface area contributed by atoms with E-state index < -0.39 is 32.1 Å². The maximum atomic E-state index is 14.7. The molecule has 32 heavy (non-hydrogen) atoms. The molecule has 0 bridgehead atoms. The van der Waals surface area contributed by atoms with Crippen LogP contribution in [-0.4, -0.2) is 32.2 Å². The normalized spacial score (nSPS) is 14.9. The van der Waals surface area contributed by atoms with Crippen LogP contribution in [0.2, 0.25) is 23.2 Å². The van der Waals surface area contributed by atoms with Gasteiger partial charge in [0, 0.05) is 5.56 Å². The minimum Gasteiger partial charge on any atom is -0.414 e. The van der Waals surface area contributed by atoms with E-state index in [0.29, 0.717) is 21.7 Å². The summed E-state index contributed by atoms with van der Waals surface area (Å²) < 4.78 is 34.9. The summed E-state index contributed by atoms with van der Waals surface area (Å²) in [7, 11) is -1.98. The van der Waals surface area contributed by atoms with Crippen LogP contribution in [0.15, 0.2) is 36.4 Å². The van der Waals surface area contributed by atoms with Gasteiger partial charge in [-0.1, -0.05) is 50.6 Å². The Labute approximate surface area is 196 Å². The summed E-state index contributed by atoms with van der Waals surface area (Å²) in [6.45, 7) is 14.4. The van der Waals surface area contributed by atoms with Crippen LogP contribution >= 0.6 is 11.6 Å². The molecule has 0 heterocycles. The summed E-state index contributed by atoms with van der Waals surface area (Å²) in [5, 5.41) is 13.9. The first-order valence-corrected chi connectivity index (χ1v) is 14.0. The molecular formula is C25H34ClF2NO2Si. The third-order valence-corrected chi connectivity index (χ3v) is 10.9. The second kappa shape index (κ2) is 10.5. The van der Waals surface area contributed by atoms with Crippen LogP contribution in [0.1, 0.15) is 45.7 Å². The zero-order valence-electron chi connectivity index (χ0n) is 19.9. The van der Waals surface area contributed by atoms with E-state index in [0.717, 1.165) is 0 Å². The molecule has 0 fully saturated rings. The van der Waals surface area contributed by atoms with Gasteiger partial charge in [-0.2, -0.15) is 0 Å². The topological polar surface area (TPSA) is 41.5 Å². The number of hydrogen-bond donors (Lipinski definition) is 2. The number of hydrogen-bond acceptors (Lipinski definition) is 3. The van der Waals surface area contributed by atoms with Crippen molar-refractivity contribution in [2.75, 3.05) is 11.9 Å². The lowest BCUT2D eigenvalue weighted by Gasteiger charge is -2.37. The highest BCUT2D eigenvalue weighted by atomic mass is 35.5. The molecule has 2 aromatic rings. The van der Waals surface area contributed by atoms with Gasteiger partial charge in [-0.05, 0) is 67.4 Å². The van der Waals surface area contributed by atoms with Crippen molar-refractivity contribution >= 4 is 37.3 Å². The van der Waals surface area contributed by atoms with Crippen LogP contribution in [0.4, 0.5) is 14.5 Å². The van der Waals surface area contributed by atoms with Gasteiger partial charge < -0.3 is 14.8 Å². The molecule has 3 nitrogen and oxygen atoms in total. The van der Waals surface area contributed by atoms with Gasteiger partial charge in [0.05, 0.1) is 29.5 Å². The number of allylic oxidation sites excluding steroid dienone is 1. The molecule has 176 valence electrons. The van der Waals surface area contributed by atoms with E-state index in [4.69, 9.17) is 16.0 Å². The monoisotopic (exact) mass is 481 g/mol. The van der Waals surface area contributed by atoms with Gasteiger partial charge in [0.1, 0.15) is 11.6 Å². The first kappa shape index (κ1) is 26.5. The van der Waals surface area contributed by atoms with Crippen molar-refractivity contribution in [3.8, 4) is 0 Å². The lowest BCUT2D eigenvalue weighted by Crippen LogP contribution is -2.45. The molecule has 0 spiro atoms. The number of anilines is 1. The maximum Gasteiger partial charge on any atom is 0.192 e. The second-order valence-corrected chi connectivity index (χ2v) is 15.0. The molecule has 0 aliphatic rings. The molecule has 0 aliphatic carbocycles. The smallest absolute Gasteiger partial charge is 0.192 e. The molecule has 2 N–H and O–H groups in total. The summed E-state index contributed by atoms with van der Waals surface area (Å²) in [6, 6.07) is 8.80. The Morgan fingerprint density at radius 2 is 1.84 bits per heavy atom. The van der Waals surface area contributed by atoms with Crippen LogP contribution < -0.4 is 5.32 Å². The molecule has 0 radical (unpaired) electrons. The lowest BCUT2D eigenvalue weighted by molar-refractivity contribution is 0.0883. The average Bonchev–Trinajstić information content (AvgIpc) is 2.67. The van der Waals surface area contributed by atoms with E-state index in [-0.39, 0.29) is 17.3 Å². The van der Waals surface area contributed by atoms with Crippen molar-refractivity contribution in [2.45, 2.75) is 64.9 Å². The summed E-state index contributed by atoms with van der Waals surface area (Å²) in [5.74, 6) is -0.886. The van der Waals surface area contributed by atoms with E-state index in [1.807, 2.05) is 0 Å². The fourth-order valence-corrected chi connectivity index (χ4v) is 4.26. The first-order valence-electron chi connectivity index (χ1n) is 10.7. The number of nitrogens with one attached hydrogen (secondary N) is 1. The van der Waals surface area contributed by atoms with Crippen LogP contribution in [0.5, 0.6) is 0 Å². The quantitative estimate of drug-likeness (QED) is 0.305. The highest BCUT2D eigenvalue weighted by Gasteiger charge is 2.37.